The molecule has 21 heavy (non-hydrogen) atoms. The fraction of sp³-hybridized carbons (Fsp3) is 0.714. The van der Waals surface area contributed by atoms with Crippen molar-refractivity contribution >= 4 is 11.5 Å². The van der Waals surface area contributed by atoms with Gasteiger partial charge in [-0.25, -0.2) is 4.98 Å². The van der Waals surface area contributed by atoms with Crippen LogP contribution in [-0.2, 0) is 0 Å². The Morgan fingerprint density at radius 2 is 2.14 bits per heavy atom. The zero-order valence-corrected chi connectivity index (χ0v) is 12.9. The average Bonchev–Trinajstić information content (AvgIpc) is 2.35. The maximum atomic E-state index is 11.2. The van der Waals surface area contributed by atoms with E-state index in [0.29, 0.717) is 5.92 Å². The van der Waals surface area contributed by atoms with Crippen LogP contribution in [0.4, 0.5) is 11.5 Å². The van der Waals surface area contributed by atoms with Crippen LogP contribution < -0.4 is 10.1 Å². The van der Waals surface area contributed by atoms with Crippen molar-refractivity contribution in [1.82, 2.24) is 9.97 Å². The fourth-order valence-corrected chi connectivity index (χ4v) is 3.30. The van der Waals surface area contributed by atoms with E-state index in [1.54, 1.807) is 7.05 Å². The summed E-state index contributed by atoms with van der Waals surface area (Å²) in [7, 11) is 1.59. The van der Waals surface area contributed by atoms with Gasteiger partial charge < -0.3 is 10.1 Å². The average molecular weight is 294 g/mol. The van der Waals surface area contributed by atoms with E-state index in [1.165, 1.54) is 6.33 Å². The van der Waals surface area contributed by atoms with E-state index in [1.807, 2.05) is 0 Å². The smallest absolute Gasteiger partial charge is 0.372 e. The molecule has 1 aliphatic rings. The van der Waals surface area contributed by atoms with Gasteiger partial charge in [0.1, 0.15) is 12.4 Å². The van der Waals surface area contributed by atoms with Gasteiger partial charge in [0.2, 0.25) is 5.82 Å². The topological polar surface area (TPSA) is 90.2 Å². The van der Waals surface area contributed by atoms with E-state index >= 15 is 0 Å². The Hall–Kier alpha value is -1.92. The highest BCUT2D eigenvalue weighted by Gasteiger charge is 2.35. The molecule has 0 spiro atoms. The first-order valence-electron chi connectivity index (χ1n) is 7.16. The third kappa shape index (κ3) is 3.59. The molecule has 1 aromatic heterocycles. The molecule has 0 saturated heterocycles. The maximum absolute atomic E-state index is 11.2. The van der Waals surface area contributed by atoms with Crippen molar-refractivity contribution in [2.75, 3.05) is 12.4 Å². The maximum Gasteiger partial charge on any atom is 0.372 e. The van der Waals surface area contributed by atoms with Gasteiger partial charge in [0.15, 0.2) is 0 Å². The molecule has 2 unspecified atom stereocenters. The minimum Gasteiger partial charge on any atom is -0.469 e. The van der Waals surface area contributed by atoms with Crippen LogP contribution in [0.5, 0.6) is 5.88 Å². The van der Waals surface area contributed by atoms with Gasteiger partial charge in [0.25, 0.3) is 5.88 Å². The van der Waals surface area contributed by atoms with E-state index in [9.17, 15) is 10.1 Å². The number of nitro groups is 1. The van der Waals surface area contributed by atoms with Crippen molar-refractivity contribution in [2.45, 2.75) is 46.1 Å². The fourth-order valence-electron chi connectivity index (χ4n) is 3.30. The van der Waals surface area contributed by atoms with Crippen molar-refractivity contribution in [3.8, 4) is 5.88 Å². The molecule has 116 valence electrons. The highest BCUT2D eigenvalue weighted by atomic mass is 16.6. The predicted molar refractivity (Wildman–Crippen MR) is 79.4 cm³/mol. The van der Waals surface area contributed by atoms with Crippen LogP contribution in [0, 0.1) is 21.4 Å². The zero-order valence-electron chi connectivity index (χ0n) is 12.9. The Labute approximate surface area is 124 Å². The molecule has 0 bridgehead atoms. The Kier molecular flexibility index (Phi) is 4.29. The molecule has 1 aromatic rings. The quantitative estimate of drug-likeness (QED) is 0.678. The first kappa shape index (κ1) is 15.5. The number of hydrogen-bond donors (Lipinski definition) is 1. The monoisotopic (exact) mass is 294 g/mol. The molecular weight excluding hydrogens is 272 g/mol. The lowest BCUT2D eigenvalue weighted by atomic mass is 9.71. The Morgan fingerprint density at radius 1 is 1.43 bits per heavy atom. The van der Waals surface area contributed by atoms with E-state index in [4.69, 9.17) is 4.74 Å². The van der Waals surface area contributed by atoms with Gasteiger partial charge in [-0.05, 0) is 30.6 Å². The molecule has 0 aromatic carbocycles. The lowest BCUT2D eigenvalue weighted by Gasteiger charge is -2.38. The number of rotatable bonds is 4. The van der Waals surface area contributed by atoms with E-state index in [2.05, 4.69) is 36.1 Å². The van der Waals surface area contributed by atoms with E-state index in [0.717, 1.165) is 19.3 Å². The second-order valence-corrected chi connectivity index (χ2v) is 6.54. The van der Waals surface area contributed by atoms with Gasteiger partial charge >= 0.3 is 5.69 Å². The number of nitrogens with one attached hydrogen (secondary N) is 1. The summed E-state index contributed by atoms with van der Waals surface area (Å²) in [5, 5.41) is 13.9. The summed E-state index contributed by atoms with van der Waals surface area (Å²) in [4.78, 5) is 18.6. The lowest BCUT2D eigenvalue weighted by Crippen LogP contribution is -2.34. The predicted octanol–water partition coefficient (Wildman–Crippen LogP) is 3.02. The van der Waals surface area contributed by atoms with Gasteiger partial charge in [-0.3, -0.25) is 10.1 Å². The molecular formula is C14H22N4O3. The van der Waals surface area contributed by atoms with Crippen LogP contribution in [-0.4, -0.2) is 28.0 Å². The molecule has 7 nitrogen and oxygen atoms in total. The van der Waals surface area contributed by atoms with Crippen LogP contribution in [0.15, 0.2) is 6.33 Å². The molecule has 2 atom stereocenters. The Bertz CT molecular complexity index is 533. The zero-order chi connectivity index (χ0) is 15.6. The van der Waals surface area contributed by atoms with Gasteiger partial charge in [-0.15, -0.1) is 0 Å². The van der Waals surface area contributed by atoms with Crippen LogP contribution in [0.2, 0.25) is 0 Å². The summed E-state index contributed by atoms with van der Waals surface area (Å²) in [5.41, 5.74) is -0.0216. The molecule has 2 rings (SSSR count). The van der Waals surface area contributed by atoms with Crippen LogP contribution >= 0.6 is 0 Å². The van der Waals surface area contributed by atoms with Gasteiger partial charge in [-0.2, -0.15) is 4.98 Å². The van der Waals surface area contributed by atoms with Crippen molar-refractivity contribution in [1.29, 1.82) is 0 Å². The summed E-state index contributed by atoms with van der Waals surface area (Å²) in [6, 6.07) is 0. The third-order valence-electron chi connectivity index (χ3n) is 3.83. The van der Waals surface area contributed by atoms with Gasteiger partial charge in [0.05, 0.1) is 4.92 Å². The molecule has 1 fully saturated rings. The molecule has 1 heterocycles. The molecule has 7 heteroatoms. The molecule has 1 saturated carbocycles. The van der Waals surface area contributed by atoms with Crippen LogP contribution in [0.25, 0.3) is 0 Å². The molecule has 1 N–H and O–H groups in total. The highest BCUT2D eigenvalue weighted by Crippen LogP contribution is 2.41. The summed E-state index contributed by atoms with van der Waals surface area (Å²) >= 11 is 0. The second-order valence-electron chi connectivity index (χ2n) is 6.54. The number of hydrogen-bond acceptors (Lipinski definition) is 6. The number of ether oxygens (including phenoxy) is 1. The van der Waals surface area contributed by atoms with Crippen molar-refractivity contribution < 1.29 is 9.66 Å². The molecule has 0 radical (unpaired) electrons. The lowest BCUT2D eigenvalue weighted by molar-refractivity contribution is -0.385. The van der Waals surface area contributed by atoms with Crippen LogP contribution in [0.3, 0.4) is 0 Å². The molecule has 0 aliphatic heterocycles. The largest absolute Gasteiger partial charge is 0.469 e. The normalized spacial score (nSPS) is 24.4. The molecule has 1 aliphatic carbocycles. The molecule has 0 amide bonds. The van der Waals surface area contributed by atoms with Gasteiger partial charge in [-0.1, -0.05) is 20.8 Å². The first-order chi connectivity index (χ1) is 9.82. The van der Waals surface area contributed by atoms with Gasteiger partial charge in [0, 0.05) is 7.05 Å². The first-order valence-corrected chi connectivity index (χ1v) is 7.16. The SMILES string of the molecule is CNc1ncnc(OC2CC(C)CC(C)(C)C2)c1[N+](=O)[O-]. The minimum atomic E-state index is -0.501. The Balaban J connectivity index is 2.25. The van der Waals surface area contributed by atoms with Crippen molar-refractivity contribution in [2.24, 2.45) is 11.3 Å². The standard InChI is InChI=1S/C14H22N4O3/c1-9-5-10(7-14(2,3)6-9)21-13-11(18(19)20)12(15-4)16-8-17-13/h8-10H,5-7H2,1-4H3,(H,15,16,17). The number of anilines is 1. The van der Waals surface area contributed by atoms with Crippen molar-refractivity contribution in [3.05, 3.63) is 16.4 Å². The van der Waals surface area contributed by atoms with Crippen molar-refractivity contribution in [3.63, 3.8) is 0 Å². The summed E-state index contributed by atoms with van der Waals surface area (Å²) in [6.07, 6.45) is 4.13. The number of aromatic nitrogens is 2. The van der Waals surface area contributed by atoms with E-state index < -0.39 is 4.92 Å². The third-order valence-corrected chi connectivity index (χ3v) is 3.83. The highest BCUT2D eigenvalue weighted by molar-refractivity contribution is 5.60. The summed E-state index contributed by atoms with van der Waals surface area (Å²) in [5.74, 6) is 0.755. The Morgan fingerprint density at radius 3 is 2.71 bits per heavy atom. The summed E-state index contributed by atoms with van der Waals surface area (Å²) in [6.45, 7) is 6.59. The van der Waals surface area contributed by atoms with E-state index in [-0.39, 0.29) is 28.9 Å². The number of nitrogens with zero attached hydrogens (tertiary/aromatic N) is 3. The minimum absolute atomic E-state index is 0.0502. The second kappa shape index (κ2) is 5.83. The van der Waals surface area contributed by atoms with Crippen LogP contribution in [0.1, 0.15) is 40.0 Å². The summed E-state index contributed by atoms with van der Waals surface area (Å²) < 4.78 is 5.86.